The van der Waals surface area contributed by atoms with Crippen molar-refractivity contribution in [1.29, 1.82) is 0 Å². The molecule has 3 rings (SSSR count). The molecule has 1 unspecified atom stereocenters. The molecule has 0 bridgehead atoms. The Balaban J connectivity index is 1.90. The van der Waals surface area contributed by atoms with Crippen LogP contribution in [0.25, 0.3) is 10.2 Å². The van der Waals surface area contributed by atoms with Gasteiger partial charge in [0.15, 0.2) is 5.13 Å². The van der Waals surface area contributed by atoms with E-state index in [1.807, 2.05) is 12.1 Å². The Bertz CT molecular complexity index is 832. The third kappa shape index (κ3) is 4.20. The topological polar surface area (TPSA) is 90.0 Å². The second-order valence-electron chi connectivity index (χ2n) is 6.09. The first-order chi connectivity index (χ1) is 13.0. The zero-order chi connectivity index (χ0) is 19.4. The van der Waals surface area contributed by atoms with Crippen LogP contribution >= 0.6 is 11.3 Å². The molecule has 2 aromatic rings. The van der Waals surface area contributed by atoms with Crippen molar-refractivity contribution in [3.63, 3.8) is 0 Å². The van der Waals surface area contributed by atoms with E-state index >= 15 is 0 Å². The summed E-state index contributed by atoms with van der Waals surface area (Å²) in [4.78, 5) is 29.9. The fourth-order valence-electron chi connectivity index (χ4n) is 2.84. The molecule has 8 nitrogen and oxygen atoms in total. The molecule has 1 aliphatic heterocycles. The zero-order valence-corrected chi connectivity index (χ0v) is 16.4. The summed E-state index contributed by atoms with van der Waals surface area (Å²) in [7, 11) is 4.80. The molecule has 27 heavy (non-hydrogen) atoms. The number of hydrogen-bond donors (Lipinski definition) is 1. The van der Waals surface area contributed by atoms with E-state index in [1.54, 1.807) is 21.2 Å². The lowest BCUT2D eigenvalue weighted by atomic mass is 10.1. The molecule has 1 aromatic carbocycles. The Labute approximate surface area is 161 Å². The van der Waals surface area contributed by atoms with Crippen LogP contribution in [0.3, 0.4) is 0 Å². The summed E-state index contributed by atoms with van der Waals surface area (Å²) in [5.74, 6) is 0.300. The number of amides is 2. The van der Waals surface area contributed by atoms with Crippen LogP contribution in [0, 0.1) is 0 Å². The molecule has 2 amide bonds. The number of nitrogens with zero attached hydrogens (tertiary/aromatic N) is 2. The first-order valence-corrected chi connectivity index (χ1v) is 9.50. The van der Waals surface area contributed by atoms with Gasteiger partial charge in [-0.25, -0.2) is 4.98 Å². The number of rotatable bonds is 6. The number of nitrogens with one attached hydrogen (secondary N) is 1. The molecule has 1 saturated heterocycles. The average Bonchev–Trinajstić information content (AvgIpc) is 3.16. The molecule has 2 heterocycles. The molecule has 1 aromatic heterocycles. The van der Waals surface area contributed by atoms with Crippen molar-refractivity contribution in [2.45, 2.75) is 18.9 Å². The van der Waals surface area contributed by atoms with Crippen molar-refractivity contribution in [2.24, 2.45) is 0 Å². The molecule has 9 heteroatoms. The summed E-state index contributed by atoms with van der Waals surface area (Å²) >= 11 is 1.40. The highest BCUT2D eigenvalue weighted by molar-refractivity contribution is 7.22. The number of aromatic nitrogens is 1. The van der Waals surface area contributed by atoms with E-state index in [-0.39, 0.29) is 30.8 Å². The fraction of sp³-hybridized carbons (Fsp3) is 0.500. The van der Waals surface area contributed by atoms with Gasteiger partial charge in [-0.2, -0.15) is 0 Å². The van der Waals surface area contributed by atoms with Gasteiger partial charge in [0.1, 0.15) is 17.4 Å². The Kier molecular flexibility index (Phi) is 6.25. The fourth-order valence-corrected chi connectivity index (χ4v) is 3.96. The molecule has 1 N–H and O–H groups in total. The van der Waals surface area contributed by atoms with Crippen LogP contribution in [0.4, 0.5) is 5.13 Å². The van der Waals surface area contributed by atoms with Crippen molar-refractivity contribution in [3.05, 3.63) is 17.7 Å². The van der Waals surface area contributed by atoms with Gasteiger partial charge in [0.05, 0.1) is 31.6 Å². The summed E-state index contributed by atoms with van der Waals surface area (Å²) < 4.78 is 17.7. The Morgan fingerprint density at radius 2 is 2.19 bits per heavy atom. The van der Waals surface area contributed by atoms with Gasteiger partial charge in [0.2, 0.25) is 11.8 Å². The summed E-state index contributed by atoms with van der Waals surface area (Å²) in [5.41, 5.74) is 1.66. The number of anilines is 1. The quantitative estimate of drug-likeness (QED) is 0.806. The van der Waals surface area contributed by atoms with E-state index in [9.17, 15) is 9.59 Å². The lowest BCUT2D eigenvalue weighted by molar-refractivity contribution is -0.124. The van der Waals surface area contributed by atoms with Gasteiger partial charge in [0, 0.05) is 32.5 Å². The maximum Gasteiger partial charge on any atom is 0.229 e. The van der Waals surface area contributed by atoms with Crippen molar-refractivity contribution in [1.82, 2.24) is 10.3 Å². The summed E-state index contributed by atoms with van der Waals surface area (Å²) in [5, 5.41) is 3.06. The van der Waals surface area contributed by atoms with Gasteiger partial charge in [-0.1, -0.05) is 17.4 Å². The SMILES string of the molecule is CNC(=O)CCC(=O)N(C)c1nc2c(OC)ccc(C3COCCO3)c2s1. The van der Waals surface area contributed by atoms with E-state index < -0.39 is 0 Å². The molecule has 0 radical (unpaired) electrons. The highest BCUT2D eigenvalue weighted by Crippen LogP contribution is 2.40. The van der Waals surface area contributed by atoms with E-state index in [4.69, 9.17) is 14.2 Å². The summed E-state index contributed by atoms with van der Waals surface area (Å²) in [6, 6.07) is 3.81. The highest BCUT2D eigenvalue weighted by Gasteiger charge is 2.24. The Hall–Kier alpha value is -2.23. The smallest absolute Gasteiger partial charge is 0.229 e. The van der Waals surface area contributed by atoms with E-state index in [0.29, 0.717) is 36.2 Å². The second-order valence-corrected chi connectivity index (χ2v) is 7.07. The molecule has 146 valence electrons. The normalized spacial score (nSPS) is 16.9. The Morgan fingerprint density at radius 3 is 2.85 bits per heavy atom. The highest BCUT2D eigenvalue weighted by atomic mass is 32.1. The predicted octanol–water partition coefficient (Wildman–Crippen LogP) is 1.88. The van der Waals surface area contributed by atoms with Gasteiger partial charge in [-0.3, -0.25) is 14.5 Å². The van der Waals surface area contributed by atoms with Crippen LogP contribution in [0.15, 0.2) is 12.1 Å². The lowest BCUT2D eigenvalue weighted by Crippen LogP contribution is -2.28. The second kappa shape index (κ2) is 8.64. The van der Waals surface area contributed by atoms with Gasteiger partial charge >= 0.3 is 0 Å². The van der Waals surface area contributed by atoms with Crippen molar-refractivity contribution in [3.8, 4) is 5.75 Å². The summed E-state index contributed by atoms with van der Waals surface area (Å²) in [6.07, 6.45) is 0.0944. The maximum absolute atomic E-state index is 12.4. The third-order valence-corrected chi connectivity index (χ3v) is 5.60. The van der Waals surface area contributed by atoms with E-state index in [1.165, 1.54) is 16.2 Å². The lowest BCUT2D eigenvalue weighted by Gasteiger charge is -2.23. The number of benzene rings is 1. The molecule has 0 saturated carbocycles. The average molecular weight is 393 g/mol. The number of carbonyl (C=O) groups is 2. The minimum atomic E-state index is -0.172. The molecular formula is C18H23N3O5S. The van der Waals surface area contributed by atoms with Crippen LogP contribution in [0.5, 0.6) is 5.75 Å². The predicted molar refractivity (Wildman–Crippen MR) is 102 cm³/mol. The number of carbonyl (C=O) groups excluding carboxylic acids is 2. The van der Waals surface area contributed by atoms with Crippen LogP contribution < -0.4 is 15.0 Å². The van der Waals surface area contributed by atoms with Gasteiger partial charge < -0.3 is 19.5 Å². The molecule has 1 fully saturated rings. The minimum Gasteiger partial charge on any atom is -0.494 e. The molecular weight excluding hydrogens is 370 g/mol. The van der Waals surface area contributed by atoms with E-state index in [2.05, 4.69) is 10.3 Å². The number of methoxy groups -OCH3 is 1. The molecule has 0 spiro atoms. The maximum atomic E-state index is 12.4. The van der Waals surface area contributed by atoms with Gasteiger partial charge in [0.25, 0.3) is 0 Å². The minimum absolute atomic E-state index is 0.121. The first-order valence-electron chi connectivity index (χ1n) is 8.69. The number of ether oxygens (including phenoxy) is 3. The molecule has 0 aliphatic carbocycles. The number of hydrogen-bond acceptors (Lipinski definition) is 7. The monoisotopic (exact) mass is 393 g/mol. The van der Waals surface area contributed by atoms with Crippen LogP contribution in [-0.4, -0.2) is 57.8 Å². The third-order valence-electron chi connectivity index (χ3n) is 4.41. The van der Waals surface area contributed by atoms with Crippen LogP contribution in [0.2, 0.25) is 0 Å². The zero-order valence-electron chi connectivity index (χ0n) is 15.6. The Morgan fingerprint density at radius 1 is 1.37 bits per heavy atom. The van der Waals surface area contributed by atoms with Gasteiger partial charge in [-0.05, 0) is 6.07 Å². The van der Waals surface area contributed by atoms with Crippen LogP contribution in [0.1, 0.15) is 24.5 Å². The summed E-state index contributed by atoms with van der Waals surface area (Å²) in [6.45, 7) is 1.61. The largest absolute Gasteiger partial charge is 0.494 e. The number of thiazole rings is 1. The molecule has 1 atom stereocenters. The molecule has 1 aliphatic rings. The first kappa shape index (κ1) is 19.5. The standard InChI is InChI=1S/C18H23N3O5S/c1-19-14(22)6-7-15(23)21(2)18-20-16-12(24-3)5-4-11(17(16)27-18)13-10-25-8-9-26-13/h4-5,13H,6-10H2,1-3H3,(H,19,22). The van der Waals surface area contributed by atoms with Crippen molar-refractivity contribution >= 4 is 38.5 Å². The number of fused-ring (bicyclic) bond motifs is 1. The van der Waals surface area contributed by atoms with Crippen LogP contribution in [-0.2, 0) is 19.1 Å². The van der Waals surface area contributed by atoms with Crippen molar-refractivity contribution in [2.75, 3.05) is 45.9 Å². The van der Waals surface area contributed by atoms with Crippen molar-refractivity contribution < 1.29 is 23.8 Å². The van der Waals surface area contributed by atoms with Gasteiger partial charge in [-0.15, -0.1) is 0 Å². The van der Waals surface area contributed by atoms with E-state index in [0.717, 1.165) is 10.3 Å².